The molecule has 0 bridgehead atoms. The minimum absolute atomic E-state index is 0.189. The number of thiazole rings is 1. The Morgan fingerprint density at radius 1 is 1.24 bits per heavy atom. The van der Waals surface area contributed by atoms with Gasteiger partial charge in [0, 0.05) is 7.05 Å². The third kappa shape index (κ3) is 2.54. The van der Waals surface area contributed by atoms with Gasteiger partial charge in [0.15, 0.2) is 16.1 Å². The Bertz CT molecular complexity index is 807. The Morgan fingerprint density at radius 2 is 2.00 bits per heavy atom. The number of aromatic nitrogens is 4. The van der Waals surface area contributed by atoms with Crippen LogP contribution in [0.15, 0.2) is 18.2 Å². The van der Waals surface area contributed by atoms with Gasteiger partial charge in [-0.3, -0.25) is 0 Å². The zero-order valence-corrected chi connectivity index (χ0v) is 13.4. The fourth-order valence-electron chi connectivity index (χ4n) is 1.97. The van der Waals surface area contributed by atoms with Crippen molar-refractivity contribution in [3.05, 3.63) is 39.2 Å². The summed E-state index contributed by atoms with van der Waals surface area (Å²) in [5, 5.41) is 4.52. The molecule has 0 aliphatic carbocycles. The van der Waals surface area contributed by atoms with Crippen LogP contribution in [0.5, 0.6) is 0 Å². The zero-order valence-electron chi connectivity index (χ0n) is 11.1. The molecule has 8 heteroatoms. The molecule has 0 radical (unpaired) electrons. The molecule has 0 unspecified atom stereocenters. The summed E-state index contributed by atoms with van der Waals surface area (Å²) < 4.78 is 15.9. The van der Waals surface area contributed by atoms with E-state index in [9.17, 15) is 4.39 Å². The second-order valence-corrected chi connectivity index (χ2v) is 6.35. The van der Waals surface area contributed by atoms with E-state index in [1.807, 2.05) is 6.92 Å². The third-order valence-electron chi connectivity index (χ3n) is 2.92. The van der Waals surface area contributed by atoms with Gasteiger partial charge in [-0.1, -0.05) is 40.6 Å². The van der Waals surface area contributed by atoms with Gasteiger partial charge in [-0.25, -0.2) is 19.0 Å². The summed E-state index contributed by atoms with van der Waals surface area (Å²) in [6, 6.07) is 4.47. The summed E-state index contributed by atoms with van der Waals surface area (Å²) in [6.45, 7) is 1.84. The summed E-state index contributed by atoms with van der Waals surface area (Å²) in [5.74, 6) is 0.351. The molecule has 0 fully saturated rings. The zero-order chi connectivity index (χ0) is 15.1. The molecule has 0 N–H and O–H groups in total. The van der Waals surface area contributed by atoms with Crippen LogP contribution in [0.1, 0.15) is 5.69 Å². The van der Waals surface area contributed by atoms with Crippen molar-refractivity contribution >= 4 is 34.5 Å². The first-order valence-corrected chi connectivity index (χ1v) is 7.53. The van der Waals surface area contributed by atoms with Gasteiger partial charge in [0.25, 0.3) is 0 Å². The van der Waals surface area contributed by atoms with Crippen molar-refractivity contribution in [2.24, 2.45) is 7.05 Å². The Morgan fingerprint density at radius 3 is 2.62 bits per heavy atom. The van der Waals surface area contributed by atoms with Crippen LogP contribution < -0.4 is 0 Å². The fraction of sp³-hybridized carbons (Fsp3) is 0.154. The van der Waals surface area contributed by atoms with Crippen molar-refractivity contribution in [2.75, 3.05) is 0 Å². The maximum atomic E-state index is 14.0. The Kier molecular flexibility index (Phi) is 3.69. The van der Waals surface area contributed by atoms with Gasteiger partial charge in [0.1, 0.15) is 5.82 Å². The predicted molar refractivity (Wildman–Crippen MR) is 82.3 cm³/mol. The molecule has 108 valence electrons. The maximum Gasteiger partial charge on any atom is 0.186 e. The van der Waals surface area contributed by atoms with Crippen molar-refractivity contribution in [2.45, 2.75) is 6.92 Å². The number of nitrogens with zero attached hydrogens (tertiary/aromatic N) is 4. The second kappa shape index (κ2) is 5.36. The molecule has 0 aliphatic heterocycles. The van der Waals surface area contributed by atoms with Gasteiger partial charge in [-0.2, -0.15) is 5.10 Å². The molecule has 0 spiro atoms. The summed E-state index contributed by atoms with van der Waals surface area (Å²) in [5.41, 5.74) is 0.945. The van der Waals surface area contributed by atoms with E-state index in [0.29, 0.717) is 10.3 Å². The van der Waals surface area contributed by atoms with E-state index in [4.69, 9.17) is 23.2 Å². The second-order valence-electron chi connectivity index (χ2n) is 4.36. The molecule has 1 aromatic carbocycles. The van der Waals surface area contributed by atoms with Crippen molar-refractivity contribution < 1.29 is 4.39 Å². The molecule has 2 aromatic heterocycles. The molecule has 0 saturated carbocycles. The Labute approximate surface area is 134 Å². The lowest BCUT2D eigenvalue weighted by Gasteiger charge is -1.99. The van der Waals surface area contributed by atoms with E-state index in [1.165, 1.54) is 23.5 Å². The van der Waals surface area contributed by atoms with Crippen LogP contribution >= 0.6 is 34.5 Å². The first kappa shape index (κ1) is 14.4. The van der Waals surface area contributed by atoms with E-state index in [1.54, 1.807) is 17.8 Å². The van der Waals surface area contributed by atoms with Crippen molar-refractivity contribution in [3.63, 3.8) is 0 Å². The number of halogens is 3. The lowest BCUT2D eigenvalue weighted by molar-refractivity contribution is 0.629. The summed E-state index contributed by atoms with van der Waals surface area (Å²) in [4.78, 5) is 9.33. The molecule has 2 heterocycles. The van der Waals surface area contributed by atoms with Crippen LogP contribution in [-0.2, 0) is 7.05 Å². The number of rotatable bonds is 2. The normalized spacial score (nSPS) is 11.1. The number of hydrogen-bond donors (Lipinski definition) is 0. The number of hydrogen-bond acceptors (Lipinski definition) is 4. The minimum Gasteiger partial charge on any atom is -0.248 e. The first-order valence-electron chi connectivity index (χ1n) is 5.96. The van der Waals surface area contributed by atoms with E-state index in [-0.39, 0.29) is 16.4 Å². The van der Waals surface area contributed by atoms with Gasteiger partial charge >= 0.3 is 0 Å². The fourth-order valence-corrected chi connectivity index (χ4v) is 3.39. The molecule has 0 aliphatic rings. The highest BCUT2D eigenvalue weighted by molar-refractivity contribution is 7.19. The van der Waals surface area contributed by atoms with Crippen LogP contribution in [-0.4, -0.2) is 19.7 Å². The Balaban J connectivity index is 2.17. The lowest BCUT2D eigenvalue weighted by Crippen LogP contribution is -1.94. The SMILES string of the molecule is Cc1nc(Cl)sc1-c1nc(-c2c(F)cccc2Cl)nn1C. The highest BCUT2D eigenvalue weighted by Gasteiger charge is 2.20. The molecule has 0 amide bonds. The average molecular weight is 343 g/mol. The van der Waals surface area contributed by atoms with Gasteiger partial charge in [0.05, 0.1) is 21.2 Å². The summed E-state index contributed by atoms with van der Waals surface area (Å²) in [6.07, 6.45) is 0. The summed E-state index contributed by atoms with van der Waals surface area (Å²) >= 11 is 13.3. The van der Waals surface area contributed by atoms with Gasteiger partial charge < -0.3 is 0 Å². The quantitative estimate of drug-likeness (QED) is 0.694. The number of aryl methyl sites for hydroxylation is 2. The summed E-state index contributed by atoms with van der Waals surface area (Å²) in [7, 11) is 1.73. The molecule has 21 heavy (non-hydrogen) atoms. The van der Waals surface area contributed by atoms with Crippen LogP contribution in [0, 0.1) is 12.7 Å². The van der Waals surface area contributed by atoms with Gasteiger partial charge in [-0.15, -0.1) is 0 Å². The largest absolute Gasteiger partial charge is 0.248 e. The monoisotopic (exact) mass is 342 g/mol. The molecule has 0 saturated heterocycles. The predicted octanol–water partition coefficient (Wildman–Crippen LogP) is 4.36. The highest BCUT2D eigenvalue weighted by atomic mass is 35.5. The standard InChI is InChI=1S/C13H9Cl2FN4S/c1-6-10(21-13(15)17-6)12-18-11(19-20(12)2)9-7(14)4-3-5-8(9)16/h3-5H,1-2H3. The van der Waals surface area contributed by atoms with Crippen molar-refractivity contribution in [1.29, 1.82) is 0 Å². The molecular formula is C13H9Cl2FN4S. The average Bonchev–Trinajstić information content (AvgIpc) is 2.92. The van der Waals surface area contributed by atoms with Crippen LogP contribution in [0.25, 0.3) is 22.1 Å². The molecule has 0 atom stereocenters. The van der Waals surface area contributed by atoms with E-state index < -0.39 is 5.82 Å². The maximum absolute atomic E-state index is 14.0. The highest BCUT2D eigenvalue weighted by Crippen LogP contribution is 2.34. The molecular weight excluding hydrogens is 334 g/mol. The van der Waals surface area contributed by atoms with Gasteiger partial charge in [-0.05, 0) is 19.1 Å². The third-order valence-corrected chi connectivity index (χ3v) is 4.50. The topological polar surface area (TPSA) is 43.6 Å². The lowest BCUT2D eigenvalue weighted by atomic mass is 10.2. The van der Waals surface area contributed by atoms with E-state index in [0.717, 1.165) is 10.6 Å². The Hall–Kier alpha value is -1.50. The first-order chi connectivity index (χ1) is 9.97. The van der Waals surface area contributed by atoms with Crippen LogP contribution in [0.2, 0.25) is 9.49 Å². The minimum atomic E-state index is -0.460. The van der Waals surface area contributed by atoms with E-state index >= 15 is 0 Å². The molecule has 3 aromatic rings. The van der Waals surface area contributed by atoms with E-state index in [2.05, 4.69) is 15.1 Å². The smallest absolute Gasteiger partial charge is 0.186 e. The van der Waals surface area contributed by atoms with Crippen molar-refractivity contribution in [1.82, 2.24) is 19.7 Å². The molecule has 3 rings (SSSR count). The van der Waals surface area contributed by atoms with Gasteiger partial charge in [0.2, 0.25) is 0 Å². The molecule has 4 nitrogen and oxygen atoms in total. The van der Waals surface area contributed by atoms with Crippen LogP contribution in [0.3, 0.4) is 0 Å². The number of benzene rings is 1. The van der Waals surface area contributed by atoms with Crippen molar-refractivity contribution in [3.8, 4) is 22.1 Å². The van der Waals surface area contributed by atoms with Crippen LogP contribution in [0.4, 0.5) is 4.39 Å².